The minimum atomic E-state index is -2.13. The van der Waals surface area contributed by atoms with Gasteiger partial charge in [0.2, 0.25) is 0 Å². The molecule has 28 nitrogen and oxygen atoms in total. The van der Waals surface area contributed by atoms with Gasteiger partial charge in [0.05, 0.1) is 45.2 Å². The second-order valence-electron chi connectivity index (χ2n) is 27.7. The summed E-state index contributed by atoms with van der Waals surface area (Å²) in [6.45, 7) is 10.8. The number of rotatable bonds is 18. The van der Waals surface area contributed by atoms with Crippen LogP contribution in [0.4, 0.5) is 0 Å². The van der Waals surface area contributed by atoms with Gasteiger partial charge in [0.25, 0.3) is 0 Å². The van der Waals surface area contributed by atoms with E-state index < -0.39 is 220 Å². The lowest BCUT2D eigenvalue weighted by atomic mass is 9.40. The Kier molecular flexibility index (Phi) is 20.5. The molecule has 9 fully saturated rings. The number of methoxy groups -OCH3 is 1. The van der Waals surface area contributed by atoms with Crippen LogP contribution in [0.3, 0.4) is 0 Å². The molecule has 0 amide bonds. The zero-order valence-electron chi connectivity index (χ0n) is 51.1. The Morgan fingerprint density at radius 3 is 1.72 bits per heavy atom. The number of aliphatic hydroxyl groups excluding tert-OH is 15. The molecule has 0 radical (unpaired) electrons. The second-order valence-corrected chi connectivity index (χ2v) is 27.7. The van der Waals surface area contributed by atoms with Gasteiger partial charge >= 0.3 is 5.97 Å². The first-order valence-corrected chi connectivity index (χ1v) is 31.1. The van der Waals surface area contributed by atoms with E-state index in [0.717, 1.165) is 37.7 Å². The SMILES string of the molecule is CO[C@@H]1[C@@H](O)[C@H](O[C@@H]2[C@@H](O)[C@H](O[C@H]3[C@H](O)[C@@H](O)[C@H](O[C@H]4[C@H](O[C@H]5CC[C@]6(C)C7=C[C@H](O)[C@]89C(=O)O[C@@](C)(CCC=C(C)C)[C@H]8CC[C@@]9(C)[C@@H]7CC[C@H]6C5(C)C)OC[C@@H](O[C@@H]5O[C@H](CO)[C@@H](O)[C@H](O)[C@H]5O)[C@@H]4O)O[C@@H]3CO)O[C@H](CO)[C@H]2O)O[C@H](CO)[C@H]1O. The zero-order chi connectivity index (χ0) is 64.1. The molecular formula is C60H96O28. The van der Waals surface area contributed by atoms with Crippen molar-refractivity contribution in [3.8, 4) is 0 Å². The summed E-state index contributed by atoms with van der Waals surface area (Å²) in [4.78, 5) is 14.5. The van der Waals surface area contributed by atoms with Gasteiger partial charge in [-0.3, -0.25) is 4.79 Å². The van der Waals surface area contributed by atoms with Crippen molar-refractivity contribution in [2.24, 2.45) is 39.4 Å². The molecular weight excluding hydrogens is 1170 g/mol. The number of aliphatic hydroxyl groups is 15. The Bertz CT molecular complexity index is 2460. The van der Waals surface area contributed by atoms with Gasteiger partial charge < -0.3 is 133 Å². The third-order valence-electron chi connectivity index (χ3n) is 22.3. The van der Waals surface area contributed by atoms with Crippen molar-refractivity contribution < 1.29 is 138 Å². The molecule has 28 heteroatoms. The van der Waals surface area contributed by atoms with E-state index >= 15 is 0 Å². The molecule has 15 N–H and O–H groups in total. The Hall–Kier alpha value is -2.09. The van der Waals surface area contributed by atoms with Gasteiger partial charge in [-0.15, -0.1) is 0 Å². The van der Waals surface area contributed by atoms with Crippen LogP contribution in [0.5, 0.6) is 0 Å². The molecule has 4 aliphatic carbocycles. The fraction of sp³-hybridized carbons (Fsp3) is 0.917. The molecule has 33 atom stereocenters. The van der Waals surface area contributed by atoms with E-state index in [-0.39, 0.29) is 23.7 Å². The average Bonchev–Trinajstić information content (AvgIpc) is 1.30. The monoisotopic (exact) mass is 1260 g/mol. The van der Waals surface area contributed by atoms with Crippen LogP contribution in [0, 0.1) is 39.4 Å². The zero-order valence-corrected chi connectivity index (χ0v) is 51.1. The topological polar surface area (TPSA) is 431 Å². The highest BCUT2D eigenvalue weighted by molar-refractivity contribution is 5.84. The molecule has 6 aliphatic heterocycles. The molecule has 6 heterocycles. The van der Waals surface area contributed by atoms with Crippen molar-refractivity contribution in [2.75, 3.05) is 40.1 Å². The summed E-state index contributed by atoms with van der Waals surface area (Å²) in [5, 5.41) is 166. The first-order valence-electron chi connectivity index (χ1n) is 31.1. The molecule has 3 saturated carbocycles. The maximum atomic E-state index is 14.5. The molecule has 0 aromatic heterocycles. The number of carbonyl (C=O) groups is 1. The van der Waals surface area contributed by atoms with Crippen molar-refractivity contribution in [1.82, 2.24) is 0 Å². The van der Waals surface area contributed by atoms with Crippen molar-refractivity contribution in [2.45, 2.75) is 265 Å². The van der Waals surface area contributed by atoms with Crippen LogP contribution in [0.25, 0.3) is 0 Å². The van der Waals surface area contributed by atoms with Crippen LogP contribution in [-0.4, -0.2) is 288 Å². The van der Waals surface area contributed by atoms with Gasteiger partial charge in [-0.05, 0) is 100 Å². The smallest absolute Gasteiger partial charge is 0.316 e. The minimum Gasteiger partial charge on any atom is -0.458 e. The minimum absolute atomic E-state index is 0.0289. The first kappa shape index (κ1) is 68.8. The highest BCUT2D eigenvalue weighted by Crippen LogP contribution is 2.76. The fourth-order valence-electron chi connectivity index (χ4n) is 17.5. The van der Waals surface area contributed by atoms with Crippen molar-refractivity contribution in [1.29, 1.82) is 0 Å². The van der Waals surface area contributed by atoms with Gasteiger partial charge in [-0.2, -0.15) is 0 Å². The summed E-state index contributed by atoms with van der Waals surface area (Å²) in [5.41, 5.74) is -1.32. The number of allylic oxidation sites excluding steroid dienone is 3. The lowest BCUT2D eigenvalue weighted by Gasteiger charge is -2.64. The van der Waals surface area contributed by atoms with Crippen LogP contribution in [0.15, 0.2) is 23.3 Å². The number of ether oxygens (including phenoxy) is 12. The summed E-state index contributed by atoms with van der Waals surface area (Å²) < 4.78 is 72.0. The molecule has 1 spiro atoms. The summed E-state index contributed by atoms with van der Waals surface area (Å²) in [6, 6.07) is 0. The maximum Gasteiger partial charge on any atom is 0.316 e. The Morgan fingerprint density at radius 2 is 1.10 bits per heavy atom. The van der Waals surface area contributed by atoms with E-state index in [1.165, 1.54) is 12.7 Å². The maximum absolute atomic E-state index is 14.5. The Morgan fingerprint density at radius 1 is 0.557 bits per heavy atom. The third-order valence-corrected chi connectivity index (χ3v) is 22.3. The molecule has 0 bridgehead atoms. The van der Waals surface area contributed by atoms with E-state index in [1.807, 2.05) is 26.8 Å². The highest BCUT2D eigenvalue weighted by Gasteiger charge is 2.79. The summed E-state index contributed by atoms with van der Waals surface area (Å²) in [5.74, 6) is -0.614. The molecule has 6 saturated heterocycles. The quantitative estimate of drug-likeness (QED) is 0.0358. The predicted octanol–water partition coefficient (Wildman–Crippen LogP) is -3.62. The van der Waals surface area contributed by atoms with Gasteiger partial charge in [0, 0.05) is 13.0 Å². The summed E-state index contributed by atoms with van der Waals surface area (Å²) in [7, 11) is 1.17. The van der Waals surface area contributed by atoms with E-state index in [2.05, 4.69) is 33.8 Å². The Labute approximate surface area is 510 Å². The van der Waals surface area contributed by atoms with Gasteiger partial charge in [0.1, 0.15) is 127 Å². The molecule has 88 heavy (non-hydrogen) atoms. The molecule has 0 unspecified atom stereocenters. The predicted molar refractivity (Wildman–Crippen MR) is 296 cm³/mol. The van der Waals surface area contributed by atoms with Gasteiger partial charge in [0.15, 0.2) is 31.5 Å². The summed E-state index contributed by atoms with van der Waals surface area (Å²) in [6.07, 6.45) is -34.1. The number of cyclic esters (lactones) is 1. The van der Waals surface area contributed by atoms with Crippen LogP contribution in [0.1, 0.15) is 99.8 Å². The standard InChI is InChI=1S/C60H96O28/c1-24(2)10-9-15-59(7)33-13-17-58(6)25-11-12-32-56(3,4)35(14-16-57(32,5)26(25)18-34(65)60(33,58)55(76)88-59)84-54-49(39(69)31(23-78-54)83-50-42(72)40(70)36(66)27(19-61)79-50)87-51-43(73)41(71)46(30(22-64)82-51)85-53-45(75)48(38(68)29(21-63)81-53)86-52-44(74)47(77-8)37(67)28(20-62)80-52/h10,18,25,27-54,61-75H,9,11-17,19-23H2,1-8H3/t25-,27-,28-,29-,30-,31-,32+,33-,34+,35+,36-,37-,38-,39+,40+,41-,42-,43-,44-,45-,46-,47+,48+,49-,50+,51+,52+,53+,54+,57-,58+,59+,60+/m1/s1. The lowest BCUT2D eigenvalue weighted by molar-refractivity contribution is -0.396. The number of carbonyl (C=O) groups excluding carboxylic acids is 1. The van der Waals surface area contributed by atoms with E-state index in [4.69, 9.17) is 56.8 Å². The molecule has 10 aliphatic rings. The number of hydrogen-bond acceptors (Lipinski definition) is 28. The van der Waals surface area contributed by atoms with E-state index in [1.54, 1.807) is 0 Å². The highest BCUT2D eigenvalue weighted by atomic mass is 16.8. The van der Waals surface area contributed by atoms with E-state index in [0.29, 0.717) is 19.3 Å². The normalized spacial score (nSPS) is 52.6. The van der Waals surface area contributed by atoms with Crippen LogP contribution >= 0.6 is 0 Å². The molecule has 10 rings (SSSR count). The van der Waals surface area contributed by atoms with Crippen molar-refractivity contribution in [3.63, 3.8) is 0 Å². The van der Waals surface area contributed by atoms with E-state index in [9.17, 15) is 81.4 Å². The van der Waals surface area contributed by atoms with Crippen molar-refractivity contribution in [3.05, 3.63) is 23.3 Å². The molecule has 0 aromatic carbocycles. The largest absolute Gasteiger partial charge is 0.458 e. The number of hydrogen-bond donors (Lipinski definition) is 15. The summed E-state index contributed by atoms with van der Waals surface area (Å²) >= 11 is 0. The fourth-order valence-corrected chi connectivity index (χ4v) is 17.5. The first-order chi connectivity index (χ1) is 41.5. The second kappa shape index (κ2) is 26.3. The molecule has 0 aromatic rings. The van der Waals surface area contributed by atoms with Crippen LogP contribution < -0.4 is 0 Å². The third kappa shape index (κ3) is 11.4. The lowest BCUT2D eigenvalue weighted by Crippen LogP contribution is -2.67. The van der Waals surface area contributed by atoms with Crippen molar-refractivity contribution >= 4 is 5.97 Å². The average molecular weight is 1270 g/mol. The van der Waals surface area contributed by atoms with Gasteiger partial charge in [-0.25, -0.2) is 0 Å². The Balaban J connectivity index is 0.881. The number of fused-ring (bicyclic) bond motifs is 4. The van der Waals surface area contributed by atoms with Crippen LogP contribution in [-0.2, 0) is 61.6 Å². The van der Waals surface area contributed by atoms with Gasteiger partial charge in [-0.1, -0.05) is 51.0 Å². The number of esters is 1. The molecule has 504 valence electrons. The van der Waals surface area contributed by atoms with Crippen LogP contribution in [0.2, 0.25) is 0 Å².